The van der Waals surface area contributed by atoms with E-state index in [4.69, 9.17) is 5.73 Å². The molecule has 1 aliphatic heterocycles. The van der Waals surface area contributed by atoms with Crippen molar-refractivity contribution < 1.29 is 8.42 Å². The third-order valence-electron chi connectivity index (χ3n) is 2.89. The largest absolute Gasteiger partial charge is 0.374 e. The van der Waals surface area contributed by atoms with Crippen molar-refractivity contribution in [2.45, 2.75) is 25.2 Å². The van der Waals surface area contributed by atoms with E-state index in [0.717, 1.165) is 5.01 Å². The monoisotopic (exact) mass is 247 g/mol. The van der Waals surface area contributed by atoms with Crippen molar-refractivity contribution in [3.63, 3.8) is 0 Å². The first kappa shape index (κ1) is 10.8. The fourth-order valence-electron chi connectivity index (χ4n) is 1.68. The van der Waals surface area contributed by atoms with E-state index in [1.54, 1.807) is 0 Å². The number of nitrogens with two attached hydrogens (primary N) is 1. The molecular weight excluding hydrogens is 234 g/mol. The Kier molecular flexibility index (Phi) is 2.46. The van der Waals surface area contributed by atoms with Gasteiger partial charge in [-0.2, -0.15) is 0 Å². The topological polar surface area (TPSA) is 85.9 Å². The minimum atomic E-state index is -2.83. The summed E-state index contributed by atoms with van der Waals surface area (Å²) in [4.78, 5) is 0. The van der Waals surface area contributed by atoms with Crippen LogP contribution < -0.4 is 5.73 Å². The highest BCUT2D eigenvalue weighted by Crippen LogP contribution is 2.37. The lowest BCUT2D eigenvalue weighted by molar-refractivity contribution is 0.414. The Morgan fingerprint density at radius 2 is 1.93 bits per heavy atom. The Balaban J connectivity index is 2.23. The van der Waals surface area contributed by atoms with Crippen LogP contribution in [0.5, 0.6) is 0 Å². The summed E-state index contributed by atoms with van der Waals surface area (Å²) in [5.41, 5.74) is 5.36. The van der Waals surface area contributed by atoms with Crippen molar-refractivity contribution in [3.8, 4) is 0 Å². The molecule has 2 rings (SSSR count). The molecular formula is C8H13N3O2S2. The first-order valence-corrected chi connectivity index (χ1v) is 7.35. The molecule has 0 aromatic carbocycles. The van der Waals surface area contributed by atoms with Crippen LogP contribution in [0.25, 0.3) is 0 Å². The summed E-state index contributed by atoms with van der Waals surface area (Å²) in [5.74, 6) is 0.478. The van der Waals surface area contributed by atoms with E-state index in [0.29, 0.717) is 18.0 Å². The molecule has 7 heteroatoms. The zero-order chi connectivity index (χ0) is 11.1. The summed E-state index contributed by atoms with van der Waals surface area (Å²) in [6.07, 6.45) is 1.23. The Labute approximate surface area is 92.6 Å². The van der Waals surface area contributed by atoms with E-state index in [1.165, 1.54) is 11.3 Å². The van der Waals surface area contributed by atoms with E-state index in [2.05, 4.69) is 10.2 Å². The highest BCUT2D eigenvalue weighted by Gasteiger charge is 2.37. The molecule has 1 saturated heterocycles. The molecule has 0 spiro atoms. The molecule has 5 nitrogen and oxygen atoms in total. The number of rotatable bonds is 1. The molecule has 15 heavy (non-hydrogen) atoms. The molecule has 2 N–H and O–H groups in total. The van der Waals surface area contributed by atoms with E-state index in [1.807, 2.05) is 6.92 Å². The molecule has 0 bridgehead atoms. The maximum atomic E-state index is 11.3. The Morgan fingerprint density at radius 1 is 1.33 bits per heavy atom. The maximum Gasteiger partial charge on any atom is 0.203 e. The van der Waals surface area contributed by atoms with Gasteiger partial charge in [0.05, 0.1) is 11.5 Å². The van der Waals surface area contributed by atoms with E-state index in [9.17, 15) is 8.42 Å². The van der Waals surface area contributed by atoms with Gasteiger partial charge in [0.2, 0.25) is 5.13 Å². The molecule has 0 atom stereocenters. The molecule has 1 fully saturated rings. The predicted octanol–water partition coefficient (Wildman–Crippen LogP) is 0.587. The molecule has 0 unspecified atom stereocenters. The standard InChI is InChI=1S/C8H13N3O2S2/c1-8(6-10-11-7(9)14-6)2-4-15(12,13)5-3-8/h2-5H2,1H3,(H2,9,11). The lowest BCUT2D eigenvalue weighted by atomic mass is 9.85. The van der Waals surface area contributed by atoms with E-state index >= 15 is 0 Å². The van der Waals surface area contributed by atoms with Crippen LogP contribution in [0.3, 0.4) is 0 Å². The lowest BCUT2D eigenvalue weighted by Crippen LogP contribution is -2.34. The molecule has 84 valence electrons. The fourth-order valence-corrected chi connectivity index (χ4v) is 4.22. The van der Waals surface area contributed by atoms with Crippen molar-refractivity contribution in [3.05, 3.63) is 5.01 Å². The van der Waals surface area contributed by atoms with E-state index in [-0.39, 0.29) is 16.9 Å². The number of hydrogen-bond acceptors (Lipinski definition) is 6. The second-order valence-corrected chi connectivity index (χ2v) is 7.47. The SMILES string of the molecule is CC1(c2nnc(N)s2)CCS(=O)(=O)CC1. The molecule has 1 aliphatic rings. The highest BCUT2D eigenvalue weighted by molar-refractivity contribution is 7.91. The number of nitrogen functional groups attached to an aromatic ring is 1. The number of sulfone groups is 1. The van der Waals surface area contributed by atoms with Gasteiger partial charge in [-0.3, -0.25) is 0 Å². The molecule has 1 aromatic heterocycles. The van der Waals surface area contributed by atoms with Gasteiger partial charge in [0.25, 0.3) is 0 Å². The first-order chi connectivity index (χ1) is 6.91. The molecule has 1 aromatic rings. The average molecular weight is 247 g/mol. The van der Waals surface area contributed by atoms with Crippen LogP contribution in [0.15, 0.2) is 0 Å². The van der Waals surface area contributed by atoms with Crippen LogP contribution >= 0.6 is 11.3 Å². The Bertz CT molecular complexity index is 452. The van der Waals surface area contributed by atoms with Crippen LogP contribution in [0.4, 0.5) is 5.13 Å². The summed E-state index contributed by atoms with van der Waals surface area (Å²) in [6, 6.07) is 0. The normalized spacial score (nSPS) is 23.8. The van der Waals surface area contributed by atoms with Gasteiger partial charge >= 0.3 is 0 Å². The van der Waals surface area contributed by atoms with Crippen molar-refractivity contribution in [2.75, 3.05) is 17.2 Å². The van der Waals surface area contributed by atoms with Crippen LogP contribution in [0.2, 0.25) is 0 Å². The second kappa shape index (κ2) is 3.41. The number of hydrogen-bond donors (Lipinski definition) is 1. The fraction of sp³-hybridized carbons (Fsp3) is 0.750. The molecule has 0 radical (unpaired) electrons. The van der Waals surface area contributed by atoms with Crippen LogP contribution in [-0.2, 0) is 15.3 Å². The summed E-state index contributed by atoms with van der Waals surface area (Å²) in [7, 11) is -2.83. The Hall–Kier alpha value is -0.690. The van der Waals surface area contributed by atoms with Crippen molar-refractivity contribution in [1.82, 2.24) is 10.2 Å². The quantitative estimate of drug-likeness (QED) is 0.784. The van der Waals surface area contributed by atoms with Gasteiger partial charge in [-0.05, 0) is 12.8 Å². The van der Waals surface area contributed by atoms with Crippen LogP contribution in [-0.4, -0.2) is 30.1 Å². The number of aromatic nitrogens is 2. The summed E-state index contributed by atoms with van der Waals surface area (Å²) in [5, 5.41) is 9.08. The highest BCUT2D eigenvalue weighted by atomic mass is 32.2. The van der Waals surface area contributed by atoms with E-state index < -0.39 is 9.84 Å². The molecule has 0 saturated carbocycles. The minimum absolute atomic E-state index is 0.166. The summed E-state index contributed by atoms with van der Waals surface area (Å²) in [6.45, 7) is 2.03. The predicted molar refractivity (Wildman–Crippen MR) is 59.6 cm³/mol. The van der Waals surface area contributed by atoms with Crippen LogP contribution in [0, 0.1) is 0 Å². The van der Waals surface area contributed by atoms with Gasteiger partial charge in [0, 0.05) is 5.41 Å². The van der Waals surface area contributed by atoms with Crippen LogP contribution in [0.1, 0.15) is 24.8 Å². The summed E-state index contributed by atoms with van der Waals surface area (Å²) >= 11 is 1.35. The minimum Gasteiger partial charge on any atom is -0.374 e. The Morgan fingerprint density at radius 3 is 2.40 bits per heavy atom. The lowest BCUT2D eigenvalue weighted by Gasteiger charge is -2.30. The number of nitrogens with zero attached hydrogens (tertiary/aromatic N) is 2. The molecule has 2 heterocycles. The van der Waals surface area contributed by atoms with Gasteiger partial charge in [-0.25, -0.2) is 8.42 Å². The van der Waals surface area contributed by atoms with Gasteiger partial charge in [0.1, 0.15) is 14.8 Å². The van der Waals surface area contributed by atoms with Gasteiger partial charge in [-0.15, -0.1) is 10.2 Å². The zero-order valence-corrected chi connectivity index (χ0v) is 10.1. The van der Waals surface area contributed by atoms with Crippen molar-refractivity contribution in [1.29, 1.82) is 0 Å². The van der Waals surface area contributed by atoms with Gasteiger partial charge < -0.3 is 5.73 Å². The molecule has 0 amide bonds. The van der Waals surface area contributed by atoms with Crippen molar-refractivity contribution in [2.24, 2.45) is 0 Å². The zero-order valence-electron chi connectivity index (χ0n) is 8.43. The average Bonchev–Trinajstić information content (AvgIpc) is 2.59. The number of anilines is 1. The molecule has 0 aliphatic carbocycles. The summed E-state index contributed by atoms with van der Waals surface area (Å²) < 4.78 is 22.6. The van der Waals surface area contributed by atoms with Gasteiger partial charge in [-0.1, -0.05) is 18.3 Å². The third kappa shape index (κ3) is 2.12. The van der Waals surface area contributed by atoms with Gasteiger partial charge in [0.15, 0.2) is 0 Å². The second-order valence-electron chi connectivity index (χ2n) is 4.16. The smallest absolute Gasteiger partial charge is 0.203 e. The third-order valence-corrected chi connectivity index (χ3v) is 5.60. The maximum absolute atomic E-state index is 11.3. The first-order valence-electron chi connectivity index (χ1n) is 4.71. The van der Waals surface area contributed by atoms with Crippen molar-refractivity contribution >= 4 is 26.3 Å².